The van der Waals surface area contributed by atoms with Crippen molar-refractivity contribution in [1.82, 2.24) is 15.1 Å². The molecule has 2 aromatic rings. The number of carbonyl (C=O) groups excluding carboxylic acids is 2. The largest absolute Gasteiger partial charge is 0.459 e. The second-order valence-corrected chi connectivity index (χ2v) is 8.05. The van der Waals surface area contributed by atoms with Gasteiger partial charge in [-0.2, -0.15) is 0 Å². The van der Waals surface area contributed by atoms with E-state index in [9.17, 15) is 9.59 Å². The number of hydrogen-bond acceptors (Lipinski definition) is 4. The van der Waals surface area contributed by atoms with Crippen LogP contribution >= 0.6 is 0 Å². The van der Waals surface area contributed by atoms with E-state index in [0.717, 1.165) is 38.0 Å². The second kappa shape index (κ2) is 9.27. The third-order valence-corrected chi connectivity index (χ3v) is 5.95. The van der Waals surface area contributed by atoms with E-state index in [0.29, 0.717) is 24.9 Å². The Morgan fingerprint density at radius 3 is 2.34 bits per heavy atom. The summed E-state index contributed by atoms with van der Waals surface area (Å²) in [5.74, 6) is 0.400. The van der Waals surface area contributed by atoms with Crippen LogP contribution in [-0.2, 0) is 6.54 Å². The van der Waals surface area contributed by atoms with Gasteiger partial charge in [-0.3, -0.25) is 14.5 Å². The molecule has 154 valence electrons. The molecule has 2 heterocycles. The van der Waals surface area contributed by atoms with Crippen LogP contribution in [-0.4, -0.2) is 53.8 Å². The van der Waals surface area contributed by atoms with E-state index in [1.807, 2.05) is 29.2 Å². The van der Waals surface area contributed by atoms with Gasteiger partial charge >= 0.3 is 0 Å². The molecule has 1 aliphatic carbocycles. The van der Waals surface area contributed by atoms with Crippen molar-refractivity contribution in [3.05, 3.63) is 59.5 Å². The Labute approximate surface area is 171 Å². The van der Waals surface area contributed by atoms with Gasteiger partial charge in [-0.05, 0) is 42.7 Å². The first-order chi connectivity index (χ1) is 14.2. The minimum absolute atomic E-state index is 0.0357. The average Bonchev–Trinajstić information content (AvgIpc) is 3.30. The summed E-state index contributed by atoms with van der Waals surface area (Å²) in [6.07, 6.45) is 7.43. The van der Waals surface area contributed by atoms with Crippen molar-refractivity contribution >= 4 is 11.8 Å². The van der Waals surface area contributed by atoms with Crippen molar-refractivity contribution in [3.63, 3.8) is 0 Å². The molecule has 29 heavy (non-hydrogen) atoms. The lowest BCUT2D eigenvalue weighted by atomic mass is 9.95. The highest BCUT2D eigenvalue weighted by atomic mass is 16.3. The molecule has 2 fully saturated rings. The normalized spacial score (nSPS) is 18.6. The minimum Gasteiger partial charge on any atom is -0.459 e. The Kier molecular flexibility index (Phi) is 6.30. The lowest BCUT2D eigenvalue weighted by Gasteiger charge is -2.34. The third-order valence-electron chi connectivity index (χ3n) is 5.95. The van der Waals surface area contributed by atoms with Crippen LogP contribution < -0.4 is 5.32 Å². The fourth-order valence-corrected chi connectivity index (χ4v) is 4.20. The van der Waals surface area contributed by atoms with Gasteiger partial charge in [0, 0.05) is 44.3 Å². The summed E-state index contributed by atoms with van der Waals surface area (Å²) >= 11 is 0. The number of benzene rings is 1. The van der Waals surface area contributed by atoms with Crippen molar-refractivity contribution in [2.75, 3.05) is 26.2 Å². The first-order valence-electron chi connectivity index (χ1n) is 10.6. The molecule has 1 saturated carbocycles. The van der Waals surface area contributed by atoms with Gasteiger partial charge in [-0.25, -0.2) is 0 Å². The van der Waals surface area contributed by atoms with Gasteiger partial charge in [0.25, 0.3) is 11.8 Å². The molecule has 2 amide bonds. The highest BCUT2D eigenvalue weighted by Crippen LogP contribution is 2.18. The van der Waals surface area contributed by atoms with Crippen LogP contribution in [0.3, 0.4) is 0 Å². The molecule has 1 aliphatic heterocycles. The number of nitrogens with zero attached hydrogens (tertiary/aromatic N) is 2. The fourth-order valence-electron chi connectivity index (χ4n) is 4.20. The van der Waals surface area contributed by atoms with E-state index in [4.69, 9.17) is 4.42 Å². The Hall–Kier alpha value is -2.60. The van der Waals surface area contributed by atoms with E-state index in [1.54, 1.807) is 12.1 Å². The first-order valence-corrected chi connectivity index (χ1v) is 10.6. The molecule has 1 aromatic carbocycles. The molecule has 6 nitrogen and oxygen atoms in total. The van der Waals surface area contributed by atoms with Crippen molar-refractivity contribution < 1.29 is 14.0 Å². The Bertz CT molecular complexity index is 802. The predicted octanol–water partition coefficient (Wildman–Crippen LogP) is 3.30. The van der Waals surface area contributed by atoms with Gasteiger partial charge in [0.05, 0.1) is 6.26 Å². The molecule has 1 aromatic heterocycles. The molecule has 4 rings (SSSR count). The molecule has 6 heteroatoms. The summed E-state index contributed by atoms with van der Waals surface area (Å²) in [5.41, 5.74) is 1.92. The molecule has 0 spiro atoms. The summed E-state index contributed by atoms with van der Waals surface area (Å²) in [6, 6.07) is 11.7. The molecular formula is C23H29N3O3. The van der Waals surface area contributed by atoms with E-state index < -0.39 is 0 Å². The van der Waals surface area contributed by atoms with Crippen LogP contribution in [0.1, 0.15) is 58.6 Å². The molecule has 0 radical (unpaired) electrons. The summed E-state index contributed by atoms with van der Waals surface area (Å²) in [6.45, 7) is 3.88. The highest BCUT2D eigenvalue weighted by Gasteiger charge is 2.23. The monoisotopic (exact) mass is 395 g/mol. The molecule has 0 bridgehead atoms. The van der Waals surface area contributed by atoms with Crippen LogP contribution in [0.25, 0.3) is 0 Å². The first kappa shape index (κ1) is 19.7. The number of hydrogen-bond donors (Lipinski definition) is 1. The van der Waals surface area contributed by atoms with Gasteiger partial charge in [-0.15, -0.1) is 0 Å². The summed E-state index contributed by atoms with van der Waals surface area (Å²) < 4.78 is 5.21. The topological polar surface area (TPSA) is 65.8 Å². The molecular weight excluding hydrogens is 366 g/mol. The number of rotatable bonds is 5. The maximum absolute atomic E-state index is 12.4. The molecule has 1 N–H and O–H groups in total. The van der Waals surface area contributed by atoms with E-state index >= 15 is 0 Å². The van der Waals surface area contributed by atoms with Crippen molar-refractivity contribution in [3.8, 4) is 0 Å². The molecule has 2 aliphatic rings. The van der Waals surface area contributed by atoms with Gasteiger partial charge in [0.15, 0.2) is 5.76 Å². The number of piperazine rings is 1. The number of furan rings is 1. The second-order valence-electron chi connectivity index (χ2n) is 8.05. The number of amides is 2. The SMILES string of the molecule is O=C(NC1CCCCC1)c1ccc(CN2CCN(C(=O)c3ccco3)CC2)cc1. The zero-order valence-electron chi connectivity index (χ0n) is 16.8. The van der Waals surface area contributed by atoms with Gasteiger partial charge in [-0.1, -0.05) is 31.4 Å². The van der Waals surface area contributed by atoms with Crippen LogP contribution in [0, 0.1) is 0 Å². The van der Waals surface area contributed by atoms with Crippen LogP contribution in [0.4, 0.5) is 0 Å². The summed E-state index contributed by atoms with van der Waals surface area (Å²) in [7, 11) is 0. The standard InChI is InChI=1S/C23H29N3O3/c27-22(24-20-5-2-1-3-6-20)19-10-8-18(9-11-19)17-25-12-14-26(15-13-25)23(28)21-7-4-16-29-21/h4,7-11,16,20H,1-3,5-6,12-15,17H2,(H,24,27). The maximum Gasteiger partial charge on any atom is 0.289 e. The number of nitrogens with one attached hydrogen (secondary N) is 1. The van der Waals surface area contributed by atoms with Gasteiger partial charge in [0.1, 0.15) is 0 Å². The highest BCUT2D eigenvalue weighted by molar-refractivity contribution is 5.94. The molecule has 0 unspecified atom stereocenters. The van der Waals surface area contributed by atoms with E-state index in [1.165, 1.54) is 31.1 Å². The third kappa shape index (κ3) is 5.07. The molecule has 1 saturated heterocycles. The van der Waals surface area contributed by atoms with Gasteiger partial charge in [0.2, 0.25) is 0 Å². The van der Waals surface area contributed by atoms with Crippen molar-refractivity contribution in [2.45, 2.75) is 44.7 Å². The zero-order chi connectivity index (χ0) is 20.1. The lowest BCUT2D eigenvalue weighted by molar-refractivity contribution is 0.0597. The van der Waals surface area contributed by atoms with Crippen LogP contribution in [0.5, 0.6) is 0 Å². The van der Waals surface area contributed by atoms with Gasteiger partial charge < -0.3 is 14.6 Å². The fraction of sp³-hybridized carbons (Fsp3) is 0.478. The number of carbonyl (C=O) groups is 2. The smallest absolute Gasteiger partial charge is 0.289 e. The van der Waals surface area contributed by atoms with Crippen LogP contribution in [0.15, 0.2) is 47.1 Å². The van der Waals surface area contributed by atoms with Crippen LogP contribution in [0.2, 0.25) is 0 Å². The van der Waals surface area contributed by atoms with E-state index in [-0.39, 0.29) is 11.8 Å². The Balaban J connectivity index is 1.25. The summed E-state index contributed by atoms with van der Waals surface area (Å²) in [4.78, 5) is 29.0. The quantitative estimate of drug-likeness (QED) is 0.844. The van der Waals surface area contributed by atoms with Crippen molar-refractivity contribution in [1.29, 1.82) is 0 Å². The van der Waals surface area contributed by atoms with E-state index in [2.05, 4.69) is 10.2 Å². The summed E-state index contributed by atoms with van der Waals surface area (Å²) in [5, 5.41) is 3.17. The maximum atomic E-state index is 12.4. The molecule has 0 atom stereocenters. The van der Waals surface area contributed by atoms with Crippen molar-refractivity contribution in [2.24, 2.45) is 0 Å². The lowest BCUT2D eigenvalue weighted by Crippen LogP contribution is -2.48. The Morgan fingerprint density at radius 1 is 0.966 bits per heavy atom. The predicted molar refractivity (Wildman–Crippen MR) is 111 cm³/mol. The minimum atomic E-state index is -0.0389. The average molecular weight is 396 g/mol. The Morgan fingerprint density at radius 2 is 1.69 bits per heavy atom. The zero-order valence-corrected chi connectivity index (χ0v) is 16.8.